The number of sulfonamides is 1. The number of pyridine rings is 1. The number of fused-ring (bicyclic) bond motifs is 2. The summed E-state index contributed by atoms with van der Waals surface area (Å²) in [7, 11) is -2.58. The number of carbonyl (C=O) groups excluding carboxylic acids is 2. The fourth-order valence-corrected chi connectivity index (χ4v) is 6.51. The maximum Gasteiger partial charge on any atom is 0.363 e. The number of benzene rings is 4. The first-order chi connectivity index (χ1) is 21.1. The number of rotatable bonds is 6. The lowest BCUT2D eigenvalue weighted by Gasteiger charge is -2.24. The van der Waals surface area contributed by atoms with Crippen molar-refractivity contribution < 1.29 is 37.6 Å². The highest BCUT2D eigenvalue weighted by Gasteiger charge is 2.35. The van der Waals surface area contributed by atoms with Crippen LogP contribution in [0.4, 0.5) is 5.69 Å². The number of aryl methyl sites for hydroxylation is 2. The third-order valence-corrected chi connectivity index (χ3v) is 9.06. The number of hydrogen-bond acceptors (Lipinski definition) is 7. The van der Waals surface area contributed by atoms with E-state index >= 15 is 0 Å². The zero-order valence-corrected chi connectivity index (χ0v) is 24.4. The Kier molecular flexibility index (Phi) is 7.02. The highest BCUT2D eigenvalue weighted by Crippen LogP contribution is 2.32. The van der Waals surface area contributed by atoms with E-state index in [1.54, 1.807) is 36.4 Å². The highest BCUT2D eigenvalue weighted by molar-refractivity contribution is 7.93. The van der Waals surface area contributed by atoms with Gasteiger partial charge in [0.05, 0.1) is 32.5 Å². The van der Waals surface area contributed by atoms with Crippen LogP contribution in [0.2, 0.25) is 0 Å². The Morgan fingerprint density at radius 2 is 1.27 bits per heavy atom. The normalized spacial score (nSPS) is 11.5. The molecule has 0 atom stereocenters. The number of carbonyl (C=O) groups is 2. The molecule has 2 heterocycles. The molecule has 0 aliphatic heterocycles. The predicted molar refractivity (Wildman–Crippen MR) is 163 cm³/mol. The van der Waals surface area contributed by atoms with Crippen LogP contribution in [0.3, 0.4) is 0 Å². The van der Waals surface area contributed by atoms with Gasteiger partial charge < -0.3 is 15.1 Å². The second kappa shape index (κ2) is 10.9. The van der Waals surface area contributed by atoms with Gasteiger partial charge in [-0.1, -0.05) is 42.0 Å². The lowest BCUT2D eigenvalue weighted by atomic mass is 10.0. The number of amides is 1. The monoisotopic (exact) mass is 608 g/mol. The third kappa shape index (κ3) is 4.78. The Labute approximate surface area is 252 Å². The number of hydrogen-bond donors (Lipinski definition) is 2. The number of aromatic nitrogens is 2. The van der Waals surface area contributed by atoms with Crippen LogP contribution in [0.1, 0.15) is 26.3 Å². The molecular formula is C33H26N3O7S+. The number of para-hydroxylation sites is 2. The van der Waals surface area contributed by atoms with Gasteiger partial charge in [-0.15, -0.1) is 4.73 Å². The van der Waals surface area contributed by atoms with Gasteiger partial charge in [-0.2, -0.15) is 8.87 Å². The van der Waals surface area contributed by atoms with Crippen LogP contribution in [0.5, 0.6) is 11.8 Å². The molecule has 0 fully saturated rings. The fourth-order valence-electron chi connectivity index (χ4n) is 5.11. The molecule has 4 aromatic carbocycles. The van der Waals surface area contributed by atoms with E-state index in [1.807, 2.05) is 42.8 Å². The van der Waals surface area contributed by atoms with Gasteiger partial charge in [-0.05, 0) is 55.5 Å². The quantitative estimate of drug-likeness (QED) is 0.208. The molecule has 6 rings (SSSR count). The summed E-state index contributed by atoms with van der Waals surface area (Å²) < 4.78 is 31.7. The van der Waals surface area contributed by atoms with Gasteiger partial charge in [0, 0.05) is 24.3 Å². The lowest BCUT2D eigenvalue weighted by Crippen LogP contribution is -2.39. The minimum Gasteiger partial charge on any atom is -0.492 e. The summed E-state index contributed by atoms with van der Waals surface area (Å²) in [6.45, 7) is 1.83. The lowest BCUT2D eigenvalue weighted by molar-refractivity contribution is -0.617. The Balaban J connectivity index is 1.51. The van der Waals surface area contributed by atoms with Crippen molar-refractivity contribution in [2.75, 3.05) is 4.31 Å². The molecular weight excluding hydrogens is 582 g/mol. The Morgan fingerprint density at radius 3 is 1.82 bits per heavy atom. The molecule has 0 radical (unpaired) electrons. The fraction of sp³-hybridized carbons (Fsp3) is 0.0606. The summed E-state index contributed by atoms with van der Waals surface area (Å²) in [5.74, 6) is -2.71. The van der Waals surface area contributed by atoms with E-state index < -0.39 is 33.7 Å². The summed E-state index contributed by atoms with van der Waals surface area (Å²) in [6.07, 6.45) is 0. The molecule has 0 aliphatic carbocycles. The summed E-state index contributed by atoms with van der Waals surface area (Å²) in [6, 6.07) is 28.2. The minimum atomic E-state index is -4.46. The van der Waals surface area contributed by atoms with Crippen LogP contribution in [0, 0.1) is 6.92 Å². The molecule has 0 bridgehead atoms. The molecule has 0 saturated carbocycles. The Bertz CT molecular complexity index is 2110. The third-order valence-electron chi connectivity index (χ3n) is 7.34. The van der Waals surface area contributed by atoms with E-state index in [2.05, 4.69) is 0 Å². The number of anilines is 1. The second-order valence-corrected chi connectivity index (χ2v) is 11.9. The van der Waals surface area contributed by atoms with E-state index in [1.165, 1.54) is 36.4 Å². The van der Waals surface area contributed by atoms with E-state index in [0.29, 0.717) is 15.5 Å². The van der Waals surface area contributed by atoms with Crippen molar-refractivity contribution in [3.8, 4) is 11.8 Å². The summed E-state index contributed by atoms with van der Waals surface area (Å²) in [5.41, 5.74) is 2.47. The van der Waals surface area contributed by atoms with Gasteiger partial charge in [0.2, 0.25) is 22.8 Å². The number of aromatic hydroxyl groups is 2. The zero-order chi connectivity index (χ0) is 31.2. The maximum atomic E-state index is 14.7. The van der Waals surface area contributed by atoms with Crippen molar-refractivity contribution in [2.45, 2.75) is 11.8 Å². The van der Waals surface area contributed by atoms with E-state index in [-0.39, 0.29) is 21.7 Å². The molecule has 11 heteroatoms. The van der Waals surface area contributed by atoms with E-state index in [9.17, 15) is 28.2 Å². The molecule has 10 nitrogen and oxygen atoms in total. The van der Waals surface area contributed by atoms with Gasteiger partial charge in [0.25, 0.3) is 15.9 Å². The molecule has 6 aromatic rings. The van der Waals surface area contributed by atoms with Gasteiger partial charge in [-0.3, -0.25) is 4.79 Å². The Morgan fingerprint density at radius 1 is 0.750 bits per heavy atom. The largest absolute Gasteiger partial charge is 0.492 e. The molecule has 2 aromatic heterocycles. The standard InChI is InChI=1S/C33H25N3O7S/c1-21-11-17-24(18-12-21)44(41,42)36(23-15-13-22(14-16-23)33(40)43-35-29(37)19-20-30(35)38)32(39)31-25-7-3-5-9-27(25)34(2)28-10-6-4-8-26(28)31/h3-20,39H,1-2H3/p+1. The minimum absolute atomic E-state index is 0.0137. The average molecular weight is 609 g/mol. The predicted octanol–water partition coefficient (Wildman–Crippen LogP) is 4.64. The van der Waals surface area contributed by atoms with Crippen molar-refractivity contribution in [1.29, 1.82) is 0 Å². The van der Waals surface area contributed by atoms with Crippen LogP contribution in [-0.2, 0) is 17.1 Å². The van der Waals surface area contributed by atoms with Crippen molar-refractivity contribution in [3.63, 3.8) is 0 Å². The van der Waals surface area contributed by atoms with Gasteiger partial charge in [0.15, 0.2) is 0 Å². The van der Waals surface area contributed by atoms with Crippen molar-refractivity contribution >= 4 is 49.4 Å². The van der Waals surface area contributed by atoms with Crippen LogP contribution < -0.4 is 13.7 Å². The molecule has 0 saturated heterocycles. The molecule has 44 heavy (non-hydrogen) atoms. The average Bonchev–Trinajstić information content (AvgIpc) is 3.34. The van der Waals surface area contributed by atoms with Crippen LogP contribution >= 0.6 is 0 Å². The molecule has 0 spiro atoms. The summed E-state index contributed by atoms with van der Waals surface area (Å²) in [4.78, 5) is 32.4. The van der Waals surface area contributed by atoms with Gasteiger partial charge in [0.1, 0.15) is 7.05 Å². The van der Waals surface area contributed by atoms with Crippen molar-refractivity contribution in [1.82, 2.24) is 4.73 Å². The molecule has 1 amide bonds. The molecule has 0 unspecified atom stereocenters. The van der Waals surface area contributed by atoms with Crippen LogP contribution in [-0.4, -0.2) is 35.2 Å². The van der Waals surface area contributed by atoms with E-state index in [4.69, 9.17) is 4.84 Å². The van der Waals surface area contributed by atoms with Gasteiger partial charge >= 0.3 is 5.97 Å². The topological polar surface area (TPSA) is 130 Å². The summed E-state index contributed by atoms with van der Waals surface area (Å²) >= 11 is 0. The first-order valence-electron chi connectivity index (χ1n) is 13.5. The second-order valence-electron chi connectivity index (χ2n) is 10.1. The summed E-state index contributed by atoms with van der Waals surface area (Å²) in [5, 5.41) is 20.7. The molecule has 2 N–H and O–H groups in total. The maximum absolute atomic E-state index is 14.7. The van der Waals surface area contributed by atoms with E-state index in [0.717, 1.165) is 33.0 Å². The number of nitrogens with zero attached hydrogens (tertiary/aromatic N) is 3. The highest BCUT2D eigenvalue weighted by atomic mass is 32.2. The first kappa shape index (κ1) is 28.4. The van der Waals surface area contributed by atoms with Crippen molar-refractivity contribution in [2.24, 2.45) is 7.05 Å². The van der Waals surface area contributed by atoms with Crippen molar-refractivity contribution in [3.05, 3.63) is 126 Å². The molecule has 0 aliphatic rings. The Hall–Kier alpha value is -5.68. The molecule has 220 valence electrons. The SMILES string of the molecule is Cc1ccc(S(=O)(=O)N(C(=O)c2c3ccccc3[n+](C)c3ccccc23)c2ccc(C(=O)On3c(O)ccc3O)cc2)cc1. The van der Waals surface area contributed by atoms with Gasteiger partial charge in [-0.25, -0.2) is 13.2 Å². The van der Waals surface area contributed by atoms with Crippen LogP contribution in [0.15, 0.2) is 114 Å². The first-order valence-corrected chi connectivity index (χ1v) is 14.9. The van der Waals surface area contributed by atoms with Crippen LogP contribution in [0.25, 0.3) is 21.8 Å². The zero-order valence-electron chi connectivity index (χ0n) is 23.6. The smallest absolute Gasteiger partial charge is 0.363 e.